The molecule has 3 heterocycles. The van der Waals surface area contributed by atoms with E-state index in [2.05, 4.69) is 50.6 Å². The number of fused-ring (bicyclic) bond motifs is 4. The molecule has 0 spiro atoms. The van der Waals surface area contributed by atoms with Gasteiger partial charge in [0.25, 0.3) is 10.0 Å². The number of nitrogens with one attached hydrogen (secondary N) is 1. The van der Waals surface area contributed by atoms with E-state index in [1.165, 1.54) is 37.7 Å². The highest BCUT2D eigenvalue weighted by Crippen LogP contribution is 2.40. The summed E-state index contributed by atoms with van der Waals surface area (Å²) in [5.41, 5.74) is 6.70. The Morgan fingerprint density at radius 2 is 1.73 bits per heavy atom. The van der Waals surface area contributed by atoms with E-state index in [1.807, 2.05) is 31.2 Å². The summed E-state index contributed by atoms with van der Waals surface area (Å²) in [6.07, 6.45) is 10.5. The second kappa shape index (κ2) is 14.5. The van der Waals surface area contributed by atoms with E-state index in [0.29, 0.717) is 36.3 Å². The fourth-order valence-electron chi connectivity index (χ4n) is 7.68. The molecule has 2 aliphatic rings. The zero-order chi connectivity index (χ0) is 34.8. The van der Waals surface area contributed by atoms with Gasteiger partial charge < -0.3 is 9.47 Å². The van der Waals surface area contributed by atoms with Crippen LogP contribution >= 0.6 is 0 Å². The number of aryl methyl sites for hydroxylation is 1. The molecule has 8 nitrogen and oxygen atoms in total. The Kier molecular flexibility index (Phi) is 10.3. The van der Waals surface area contributed by atoms with Crippen molar-refractivity contribution in [2.75, 3.05) is 18.4 Å². The maximum absolute atomic E-state index is 14.0. The number of benzene rings is 2. The van der Waals surface area contributed by atoms with E-state index in [1.54, 1.807) is 25.4 Å². The lowest BCUT2D eigenvalue weighted by atomic mass is 9.74. The first-order valence-electron chi connectivity index (χ1n) is 17.6. The van der Waals surface area contributed by atoms with Gasteiger partial charge in [0.1, 0.15) is 5.75 Å². The van der Waals surface area contributed by atoms with Crippen LogP contribution in [0.2, 0.25) is 0 Å². The highest BCUT2D eigenvalue weighted by molar-refractivity contribution is 7.92. The first kappa shape index (κ1) is 34.9. The molecule has 0 amide bonds. The van der Waals surface area contributed by atoms with Gasteiger partial charge in [-0.3, -0.25) is 4.98 Å². The van der Waals surface area contributed by atoms with Gasteiger partial charge in [-0.15, -0.1) is 0 Å². The number of ether oxygens (including phenoxy) is 2. The molecule has 1 fully saturated rings. The quantitative estimate of drug-likeness (QED) is 0.208. The van der Waals surface area contributed by atoms with Gasteiger partial charge in [-0.05, 0) is 91.3 Å². The number of anilines is 1. The smallest absolute Gasteiger partial charge is 0.264 e. The molecule has 1 aliphatic heterocycles. The number of hydrogen-bond acceptors (Lipinski definition) is 7. The van der Waals surface area contributed by atoms with Gasteiger partial charge in [-0.25, -0.2) is 18.1 Å². The van der Waals surface area contributed by atoms with Gasteiger partial charge in [-0.1, -0.05) is 83.2 Å². The third kappa shape index (κ3) is 8.26. The minimum atomic E-state index is -4.02. The zero-order valence-corrected chi connectivity index (χ0v) is 30.6. The number of sulfonamides is 1. The number of hydrogen-bond donors (Lipinski definition) is 1. The topological polar surface area (TPSA) is 103 Å². The number of methoxy groups -OCH3 is 1. The summed E-state index contributed by atoms with van der Waals surface area (Å²) in [5.74, 6) is 1.69. The predicted octanol–water partition coefficient (Wildman–Crippen LogP) is 8.86. The van der Waals surface area contributed by atoms with Crippen LogP contribution in [0.1, 0.15) is 93.2 Å². The fraction of sp³-hybridized carbons (Fsp3) is 0.475. The van der Waals surface area contributed by atoms with Crippen molar-refractivity contribution in [2.45, 2.75) is 96.8 Å². The number of aromatic nitrogens is 3. The van der Waals surface area contributed by atoms with E-state index < -0.39 is 10.0 Å². The summed E-state index contributed by atoms with van der Waals surface area (Å²) in [7, 11) is -2.39. The molecule has 1 aliphatic carbocycles. The summed E-state index contributed by atoms with van der Waals surface area (Å²) in [5, 5.41) is 0. The van der Waals surface area contributed by atoms with E-state index in [0.717, 1.165) is 40.8 Å². The summed E-state index contributed by atoms with van der Waals surface area (Å²) >= 11 is 0. The van der Waals surface area contributed by atoms with Crippen molar-refractivity contribution in [3.05, 3.63) is 88.7 Å². The molecule has 4 aromatic rings. The molecule has 49 heavy (non-hydrogen) atoms. The molecule has 2 atom stereocenters. The van der Waals surface area contributed by atoms with Crippen molar-refractivity contribution >= 4 is 16.0 Å². The van der Waals surface area contributed by atoms with Crippen LogP contribution in [-0.2, 0) is 22.9 Å². The fourth-order valence-corrected chi connectivity index (χ4v) is 8.68. The molecular weight excluding hydrogens is 633 g/mol. The molecular formula is C40H50N4O4S. The lowest BCUT2D eigenvalue weighted by Gasteiger charge is -2.33. The Morgan fingerprint density at radius 3 is 2.45 bits per heavy atom. The average molecular weight is 683 g/mol. The van der Waals surface area contributed by atoms with Gasteiger partial charge in [0.15, 0.2) is 0 Å². The van der Waals surface area contributed by atoms with Crippen LogP contribution in [-0.4, -0.2) is 37.1 Å². The minimum absolute atomic E-state index is 0.0137. The van der Waals surface area contributed by atoms with Crippen LogP contribution in [0.15, 0.2) is 65.7 Å². The molecule has 260 valence electrons. The largest absolute Gasteiger partial charge is 0.495 e. The van der Waals surface area contributed by atoms with Crippen molar-refractivity contribution in [1.82, 2.24) is 15.0 Å². The average Bonchev–Trinajstić information content (AvgIpc) is 3.07. The van der Waals surface area contributed by atoms with Crippen molar-refractivity contribution < 1.29 is 17.9 Å². The van der Waals surface area contributed by atoms with E-state index >= 15 is 0 Å². The van der Waals surface area contributed by atoms with E-state index in [-0.39, 0.29) is 28.1 Å². The van der Waals surface area contributed by atoms with Crippen LogP contribution < -0.4 is 14.2 Å². The normalized spacial score (nSPS) is 19.6. The summed E-state index contributed by atoms with van der Waals surface area (Å²) in [6.45, 7) is 11.2. The molecule has 0 radical (unpaired) electrons. The standard InChI is InChI=1S/C40H50N4O4S/c1-26-12-10-16-30(20-28-13-8-7-9-14-28)36(26)37-27(2)38-43-39(42-37)44-49(45,46)34-17-11-15-29(21-34)35(31(25-48-38)23-40(3,4)5)22-32-18-19-33(47-6)24-41-32/h10-12,15-19,21,24,28,31,35H,7-9,13-14,20,22-23,25H2,1-6H3,(H,42,43,44)/t31-,35?/m1/s1. The van der Waals surface area contributed by atoms with Gasteiger partial charge in [0.2, 0.25) is 11.8 Å². The van der Waals surface area contributed by atoms with Crippen molar-refractivity contribution in [2.24, 2.45) is 17.3 Å². The number of pyridine rings is 1. The van der Waals surface area contributed by atoms with E-state index in [4.69, 9.17) is 24.4 Å². The number of rotatable bonds is 7. The van der Waals surface area contributed by atoms with Gasteiger partial charge in [0.05, 0.1) is 30.5 Å². The molecule has 4 bridgehead atoms. The Balaban J connectivity index is 1.47. The third-order valence-electron chi connectivity index (χ3n) is 10.1. The summed E-state index contributed by atoms with van der Waals surface area (Å²) in [4.78, 5) is 14.5. The van der Waals surface area contributed by atoms with Crippen LogP contribution in [0.3, 0.4) is 0 Å². The summed E-state index contributed by atoms with van der Waals surface area (Å²) < 4.78 is 42.8. The third-order valence-corrected chi connectivity index (χ3v) is 11.4. The van der Waals surface area contributed by atoms with Crippen LogP contribution in [0, 0.1) is 31.1 Å². The predicted molar refractivity (Wildman–Crippen MR) is 195 cm³/mol. The lowest BCUT2D eigenvalue weighted by Crippen LogP contribution is -2.28. The summed E-state index contributed by atoms with van der Waals surface area (Å²) in [6, 6.07) is 17.6. The Morgan fingerprint density at radius 1 is 0.959 bits per heavy atom. The Labute approximate surface area is 292 Å². The SMILES string of the molecule is COc1ccc(CC2c3cccc(c3)S(=O)(=O)Nc3nc(c(C)c(-c4c(C)cccc4CC4CCCCC4)n3)OC[C@H]2CC(C)(C)C)nc1. The van der Waals surface area contributed by atoms with Crippen molar-refractivity contribution in [3.63, 3.8) is 0 Å². The van der Waals surface area contributed by atoms with E-state index in [9.17, 15) is 8.42 Å². The molecule has 1 unspecified atom stereocenters. The first-order valence-corrected chi connectivity index (χ1v) is 19.1. The lowest BCUT2D eigenvalue weighted by molar-refractivity contribution is 0.165. The van der Waals surface area contributed by atoms with Crippen molar-refractivity contribution in [3.8, 4) is 22.9 Å². The molecule has 9 heteroatoms. The highest BCUT2D eigenvalue weighted by Gasteiger charge is 2.32. The maximum Gasteiger partial charge on any atom is 0.264 e. The first-order chi connectivity index (χ1) is 23.4. The highest BCUT2D eigenvalue weighted by atomic mass is 32.2. The van der Waals surface area contributed by atoms with Crippen LogP contribution in [0.5, 0.6) is 11.6 Å². The van der Waals surface area contributed by atoms with Gasteiger partial charge in [-0.2, -0.15) is 4.98 Å². The molecule has 1 saturated carbocycles. The monoisotopic (exact) mass is 682 g/mol. The molecule has 2 aromatic heterocycles. The van der Waals surface area contributed by atoms with Crippen LogP contribution in [0.4, 0.5) is 5.95 Å². The Bertz CT molecular complexity index is 1880. The molecule has 6 rings (SSSR count). The second-order valence-corrected chi connectivity index (χ2v) is 16.8. The van der Waals surface area contributed by atoms with Crippen LogP contribution in [0.25, 0.3) is 11.3 Å². The van der Waals surface area contributed by atoms with Crippen molar-refractivity contribution in [1.29, 1.82) is 0 Å². The molecule has 0 saturated heterocycles. The second-order valence-electron chi connectivity index (χ2n) is 15.2. The minimum Gasteiger partial charge on any atom is -0.495 e. The Hall–Kier alpha value is -3.98. The van der Waals surface area contributed by atoms with Gasteiger partial charge in [0, 0.05) is 22.7 Å². The van der Waals surface area contributed by atoms with Gasteiger partial charge >= 0.3 is 0 Å². The number of nitrogens with zero attached hydrogens (tertiary/aromatic N) is 3. The molecule has 2 aromatic carbocycles. The zero-order valence-electron chi connectivity index (χ0n) is 29.8. The maximum atomic E-state index is 14.0. The molecule has 1 N–H and O–H groups in total.